The van der Waals surface area contributed by atoms with Crippen molar-refractivity contribution in [3.63, 3.8) is 0 Å². The van der Waals surface area contributed by atoms with Gasteiger partial charge in [0.05, 0.1) is 13.2 Å². The van der Waals surface area contributed by atoms with Crippen LogP contribution in [0.25, 0.3) is 0 Å². The number of hydrogen-bond acceptors (Lipinski definition) is 7. The van der Waals surface area contributed by atoms with Crippen LogP contribution in [-0.4, -0.2) is 35.9 Å². The second kappa shape index (κ2) is 11.6. The van der Waals surface area contributed by atoms with Crippen LogP contribution in [0.2, 0.25) is 0 Å². The molecule has 1 aliphatic rings. The Hall–Kier alpha value is -1.80. The second-order valence-electron chi connectivity index (χ2n) is 8.15. The molecule has 0 spiro atoms. The summed E-state index contributed by atoms with van der Waals surface area (Å²) < 4.78 is 6.29. The molecule has 0 bridgehead atoms. The molecule has 0 amide bonds. The number of aliphatic imine (C=N–C) groups is 2. The van der Waals surface area contributed by atoms with Crippen LogP contribution in [0.5, 0.6) is 5.75 Å². The molecule has 2 atom stereocenters. The van der Waals surface area contributed by atoms with E-state index in [2.05, 4.69) is 55.9 Å². The molecule has 0 saturated heterocycles. The molecule has 2 rings (SSSR count). The molecular weight excluding hydrogens is 446 g/mol. The summed E-state index contributed by atoms with van der Waals surface area (Å²) in [7, 11) is 0. The van der Waals surface area contributed by atoms with Crippen molar-refractivity contribution in [3.05, 3.63) is 29.3 Å². The molecule has 0 saturated carbocycles. The molecule has 0 fully saturated rings. The summed E-state index contributed by atoms with van der Waals surface area (Å²) in [4.78, 5) is 14.1. The predicted octanol–water partition coefficient (Wildman–Crippen LogP) is 4.67. The van der Waals surface area contributed by atoms with E-state index in [4.69, 9.17) is 21.0 Å². The van der Waals surface area contributed by atoms with Crippen LogP contribution in [0, 0.1) is 0 Å². The van der Waals surface area contributed by atoms with Gasteiger partial charge in [0.25, 0.3) is 0 Å². The highest BCUT2D eigenvalue weighted by Gasteiger charge is 2.33. The normalized spacial score (nSPS) is 17.5. The van der Waals surface area contributed by atoms with E-state index in [1.807, 2.05) is 13.8 Å². The van der Waals surface area contributed by atoms with E-state index in [-0.39, 0.29) is 28.9 Å². The lowest BCUT2D eigenvalue weighted by atomic mass is 9.90. The van der Waals surface area contributed by atoms with Crippen LogP contribution in [0.15, 0.2) is 28.2 Å². The largest absolute Gasteiger partial charge is 0.493 e. The zero-order valence-electron chi connectivity index (χ0n) is 19.1. The second-order valence-corrected chi connectivity index (χ2v) is 8.15. The number of para-hydroxylation sites is 1. The van der Waals surface area contributed by atoms with Crippen LogP contribution in [0.4, 0.5) is 0 Å². The summed E-state index contributed by atoms with van der Waals surface area (Å²) in [6, 6.07) is 6.51. The number of guanidine groups is 2. The summed E-state index contributed by atoms with van der Waals surface area (Å²) in [5.41, 5.74) is 13.5. The predicted molar refractivity (Wildman–Crippen MR) is 129 cm³/mol. The minimum atomic E-state index is -0.691. The van der Waals surface area contributed by atoms with E-state index in [0.29, 0.717) is 31.5 Å². The molecule has 1 aromatic carbocycles. The van der Waals surface area contributed by atoms with Gasteiger partial charge in [-0.3, -0.25) is 4.84 Å². The van der Waals surface area contributed by atoms with Gasteiger partial charge in [0.1, 0.15) is 5.75 Å². The number of hydrogen-bond donors (Lipinski definition) is 2. The zero-order chi connectivity index (χ0) is 21.6. The van der Waals surface area contributed by atoms with Gasteiger partial charge in [-0.05, 0) is 49.7 Å². The third kappa shape index (κ3) is 6.35. The fraction of sp³-hybridized carbons (Fsp3) is 0.636. The highest BCUT2D eigenvalue weighted by molar-refractivity contribution is 8.93. The number of halogens is 1. The first-order valence-corrected chi connectivity index (χ1v) is 10.6. The fourth-order valence-corrected chi connectivity index (χ4v) is 3.36. The molecule has 0 radical (unpaired) electrons. The maximum absolute atomic E-state index is 6.29. The number of nitrogens with zero attached hydrogens (tertiary/aromatic N) is 3. The number of rotatable bonds is 10. The Bertz CT molecular complexity index is 723. The van der Waals surface area contributed by atoms with Crippen LogP contribution < -0.4 is 16.2 Å². The van der Waals surface area contributed by atoms with E-state index in [0.717, 1.165) is 18.6 Å². The first-order valence-electron chi connectivity index (χ1n) is 10.6. The van der Waals surface area contributed by atoms with Crippen molar-refractivity contribution in [2.75, 3.05) is 13.2 Å². The van der Waals surface area contributed by atoms with Crippen LogP contribution in [0.1, 0.15) is 83.8 Å². The highest BCUT2D eigenvalue weighted by Crippen LogP contribution is 2.37. The van der Waals surface area contributed by atoms with Crippen LogP contribution >= 0.6 is 17.0 Å². The molecule has 8 heteroatoms. The van der Waals surface area contributed by atoms with Gasteiger partial charge in [-0.2, -0.15) is 10.1 Å². The van der Waals surface area contributed by atoms with Crippen molar-refractivity contribution in [1.82, 2.24) is 5.06 Å². The van der Waals surface area contributed by atoms with Crippen molar-refractivity contribution in [2.24, 2.45) is 21.5 Å². The number of hydroxylamine groups is 2. The van der Waals surface area contributed by atoms with Gasteiger partial charge >= 0.3 is 0 Å². The molecular formula is C22H38BrN5O2. The Labute approximate surface area is 191 Å². The lowest BCUT2D eigenvalue weighted by molar-refractivity contribution is -0.158. The topological polar surface area (TPSA) is 98.5 Å². The Balaban J connectivity index is 0.00000450. The third-order valence-electron chi connectivity index (χ3n) is 5.44. The van der Waals surface area contributed by atoms with E-state index in [9.17, 15) is 0 Å². The summed E-state index contributed by atoms with van der Waals surface area (Å²) in [5, 5.41) is 1.50. The molecule has 1 heterocycles. The average molecular weight is 484 g/mol. The van der Waals surface area contributed by atoms with Gasteiger partial charge < -0.3 is 16.2 Å². The maximum atomic E-state index is 6.29. The molecule has 7 nitrogen and oxygen atoms in total. The Morgan fingerprint density at radius 3 is 2.10 bits per heavy atom. The van der Waals surface area contributed by atoms with E-state index in [1.165, 1.54) is 16.2 Å². The Kier molecular flexibility index (Phi) is 10.1. The molecule has 1 aliphatic heterocycles. The number of benzene rings is 1. The van der Waals surface area contributed by atoms with Crippen molar-refractivity contribution in [1.29, 1.82) is 0 Å². The first kappa shape index (κ1) is 26.2. The van der Waals surface area contributed by atoms with Gasteiger partial charge in [-0.1, -0.05) is 45.9 Å². The van der Waals surface area contributed by atoms with Gasteiger partial charge in [-0.25, -0.2) is 4.99 Å². The SMILES string of the molecule is Br.CCC(C)c1cccc(C(C)CC)c1OCCCON1C(N)=NC(N)=NC1(C)C. The zero-order valence-corrected chi connectivity index (χ0v) is 20.9. The van der Waals surface area contributed by atoms with E-state index >= 15 is 0 Å². The van der Waals surface area contributed by atoms with Gasteiger partial charge in [0, 0.05) is 6.42 Å². The Morgan fingerprint density at radius 1 is 1.03 bits per heavy atom. The smallest absolute Gasteiger partial charge is 0.226 e. The molecule has 0 aliphatic carbocycles. The van der Waals surface area contributed by atoms with E-state index in [1.54, 1.807) is 0 Å². The first-order chi connectivity index (χ1) is 13.7. The highest BCUT2D eigenvalue weighted by atomic mass is 79.9. The third-order valence-corrected chi connectivity index (χ3v) is 5.44. The summed E-state index contributed by atoms with van der Waals surface area (Å²) in [6.45, 7) is 13.7. The molecule has 30 heavy (non-hydrogen) atoms. The van der Waals surface area contributed by atoms with Crippen molar-refractivity contribution < 1.29 is 9.57 Å². The fourth-order valence-electron chi connectivity index (χ4n) is 3.36. The molecule has 0 aromatic heterocycles. The Morgan fingerprint density at radius 2 is 1.60 bits per heavy atom. The van der Waals surface area contributed by atoms with E-state index < -0.39 is 5.66 Å². The lowest BCUT2D eigenvalue weighted by Crippen LogP contribution is -2.53. The standard InChI is InChI=1S/C22H37N5O2.BrH/c1-7-15(3)17-11-9-12-18(16(4)8-2)19(17)28-13-10-14-29-27-21(24)25-20(23)26-22(27,5)6;/h9,11-12,15-16H,7-8,10,13-14H2,1-6H3,(H4,23,24,25,26);1H. The van der Waals surface area contributed by atoms with Crippen LogP contribution in [0.3, 0.4) is 0 Å². The molecule has 4 N–H and O–H groups in total. The van der Waals surface area contributed by atoms with Crippen molar-refractivity contribution >= 4 is 28.9 Å². The number of nitrogens with two attached hydrogens (primary N) is 2. The summed E-state index contributed by atoms with van der Waals surface area (Å²) >= 11 is 0. The lowest BCUT2D eigenvalue weighted by Gasteiger charge is -2.36. The molecule has 170 valence electrons. The minimum absolute atomic E-state index is 0. The van der Waals surface area contributed by atoms with Gasteiger partial charge in [0.15, 0.2) is 5.66 Å². The monoisotopic (exact) mass is 483 g/mol. The van der Waals surface area contributed by atoms with Crippen molar-refractivity contribution in [3.8, 4) is 5.75 Å². The van der Waals surface area contributed by atoms with Gasteiger partial charge in [0.2, 0.25) is 11.9 Å². The minimum Gasteiger partial charge on any atom is -0.493 e. The summed E-state index contributed by atoms with van der Waals surface area (Å²) in [5.74, 6) is 2.32. The molecule has 2 unspecified atom stereocenters. The van der Waals surface area contributed by atoms with Crippen molar-refractivity contribution in [2.45, 2.75) is 78.3 Å². The maximum Gasteiger partial charge on any atom is 0.226 e. The van der Waals surface area contributed by atoms with Crippen LogP contribution in [-0.2, 0) is 4.84 Å². The number of ether oxygens (including phenoxy) is 1. The quantitative estimate of drug-likeness (QED) is 0.470. The van der Waals surface area contributed by atoms with Gasteiger partial charge in [-0.15, -0.1) is 17.0 Å². The average Bonchev–Trinajstić information content (AvgIpc) is 2.67. The summed E-state index contributed by atoms with van der Waals surface area (Å²) in [6.07, 6.45) is 2.87. The molecule has 1 aromatic rings.